The summed E-state index contributed by atoms with van der Waals surface area (Å²) in [6.07, 6.45) is 2.84. The molecule has 0 bridgehead atoms. The van der Waals surface area contributed by atoms with Crippen molar-refractivity contribution in [2.45, 2.75) is 25.3 Å². The lowest BCUT2D eigenvalue weighted by atomic mass is 10.0. The molecule has 0 unspecified atom stereocenters. The molecule has 0 aromatic heterocycles. The molecule has 0 N–H and O–H groups in total. The molecule has 3 aromatic rings. The van der Waals surface area contributed by atoms with Crippen LogP contribution in [0.3, 0.4) is 0 Å². The fourth-order valence-corrected chi connectivity index (χ4v) is 4.97. The van der Waals surface area contributed by atoms with E-state index in [0.717, 1.165) is 30.6 Å². The Balaban J connectivity index is 1.48. The van der Waals surface area contributed by atoms with Crippen LogP contribution in [-0.2, 0) is 17.6 Å². The first kappa shape index (κ1) is 19.8. The SMILES string of the molecule is O=C1[C@@H](Cc2ccccc2)N(CN2CCCc3ccccc32)C(=S)N1c1ccccc1. The van der Waals surface area contributed by atoms with E-state index in [2.05, 4.69) is 46.2 Å². The molecule has 5 heteroatoms. The molecule has 0 saturated carbocycles. The third-order valence-electron chi connectivity index (χ3n) is 6.13. The van der Waals surface area contributed by atoms with Crippen LogP contribution in [0.2, 0.25) is 0 Å². The Kier molecular flexibility index (Phi) is 5.43. The number of nitrogens with zero attached hydrogens (tertiary/aromatic N) is 3. The van der Waals surface area contributed by atoms with E-state index in [9.17, 15) is 4.79 Å². The van der Waals surface area contributed by atoms with Gasteiger partial charge in [-0.25, -0.2) is 0 Å². The zero-order valence-electron chi connectivity index (χ0n) is 17.4. The number of thiocarbonyl (C=S) groups is 1. The molecule has 2 aliphatic heterocycles. The van der Waals surface area contributed by atoms with Gasteiger partial charge in [-0.15, -0.1) is 0 Å². The standard InChI is InChI=1S/C26H25N3OS/c30-25-24(18-20-10-3-1-4-11-20)28(26(31)29(25)22-14-5-2-6-15-22)19-27-17-9-13-21-12-7-8-16-23(21)27/h1-8,10-12,14-16,24H,9,13,17-19H2/t24-/m1/s1. The Bertz CT molecular complexity index is 1090. The van der Waals surface area contributed by atoms with E-state index in [1.165, 1.54) is 11.3 Å². The number of hydrogen-bond donors (Lipinski definition) is 0. The minimum Gasteiger partial charge on any atom is -0.353 e. The Labute approximate surface area is 188 Å². The molecule has 2 aliphatic rings. The van der Waals surface area contributed by atoms with Crippen molar-refractivity contribution in [3.8, 4) is 0 Å². The van der Waals surface area contributed by atoms with Crippen LogP contribution < -0.4 is 9.80 Å². The van der Waals surface area contributed by atoms with E-state index in [-0.39, 0.29) is 11.9 Å². The summed E-state index contributed by atoms with van der Waals surface area (Å²) >= 11 is 5.89. The first-order chi connectivity index (χ1) is 15.2. The molecular weight excluding hydrogens is 402 g/mol. The molecule has 2 heterocycles. The minimum absolute atomic E-state index is 0.0466. The summed E-state index contributed by atoms with van der Waals surface area (Å²) in [7, 11) is 0. The van der Waals surface area contributed by atoms with Crippen LogP contribution >= 0.6 is 12.2 Å². The summed E-state index contributed by atoms with van der Waals surface area (Å²) < 4.78 is 0. The van der Waals surface area contributed by atoms with Crippen molar-refractivity contribution in [3.63, 3.8) is 0 Å². The van der Waals surface area contributed by atoms with E-state index in [1.54, 1.807) is 4.90 Å². The summed E-state index contributed by atoms with van der Waals surface area (Å²) in [4.78, 5) is 19.8. The van der Waals surface area contributed by atoms with Crippen LogP contribution in [0, 0.1) is 0 Å². The second-order valence-corrected chi connectivity index (χ2v) is 8.47. The van der Waals surface area contributed by atoms with E-state index < -0.39 is 0 Å². The number of para-hydroxylation sites is 2. The predicted octanol–water partition coefficient (Wildman–Crippen LogP) is 4.64. The van der Waals surface area contributed by atoms with Gasteiger partial charge in [0, 0.05) is 18.7 Å². The van der Waals surface area contributed by atoms with Crippen molar-refractivity contribution in [2.24, 2.45) is 0 Å². The number of anilines is 2. The first-order valence-corrected chi connectivity index (χ1v) is 11.2. The normalized spacial score (nSPS) is 18.5. The van der Waals surface area contributed by atoms with E-state index in [0.29, 0.717) is 18.2 Å². The minimum atomic E-state index is -0.316. The predicted molar refractivity (Wildman–Crippen MR) is 129 cm³/mol. The van der Waals surface area contributed by atoms with Gasteiger partial charge in [0.15, 0.2) is 5.11 Å². The highest BCUT2D eigenvalue weighted by Gasteiger charge is 2.43. The monoisotopic (exact) mass is 427 g/mol. The van der Waals surface area contributed by atoms with Gasteiger partial charge in [0.05, 0.1) is 12.4 Å². The first-order valence-electron chi connectivity index (χ1n) is 10.8. The van der Waals surface area contributed by atoms with Gasteiger partial charge in [0.25, 0.3) is 5.91 Å². The molecule has 3 aromatic carbocycles. The van der Waals surface area contributed by atoms with Gasteiger partial charge in [-0.3, -0.25) is 9.69 Å². The maximum Gasteiger partial charge on any atom is 0.256 e. The van der Waals surface area contributed by atoms with Crippen LogP contribution in [0.25, 0.3) is 0 Å². The summed E-state index contributed by atoms with van der Waals surface area (Å²) in [6, 6.07) is 28.2. The fraction of sp³-hybridized carbons (Fsp3) is 0.231. The number of amides is 1. The zero-order valence-corrected chi connectivity index (χ0v) is 18.2. The molecule has 1 saturated heterocycles. The Morgan fingerprint density at radius 2 is 1.55 bits per heavy atom. The molecule has 0 aliphatic carbocycles. The van der Waals surface area contributed by atoms with Crippen LogP contribution in [0.5, 0.6) is 0 Å². The highest BCUT2D eigenvalue weighted by molar-refractivity contribution is 7.80. The van der Waals surface area contributed by atoms with Gasteiger partial charge >= 0.3 is 0 Å². The fourth-order valence-electron chi connectivity index (χ4n) is 4.59. The Morgan fingerprint density at radius 3 is 2.32 bits per heavy atom. The van der Waals surface area contributed by atoms with Gasteiger partial charge in [-0.1, -0.05) is 66.7 Å². The maximum atomic E-state index is 13.6. The maximum absolute atomic E-state index is 13.6. The second kappa shape index (κ2) is 8.52. The van der Waals surface area contributed by atoms with Gasteiger partial charge in [0.1, 0.15) is 6.04 Å². The molecule has 1 atom stereocenters. The highest BCUT2D eigenvalue weighted by atomic mass is 32.1. The molecule has 5 rings (SSSR count). The van der Waals surface area contributed by atoms with Gasteiger partial charge < -0.3 is 9.80 Å². The summed E-state index contributed by atoms with van der Waals surface area (Å²) in [5.41, 5.74) is 4.59. The highest BCUT2D eigenvalue weighted by Crippen LogP contribution is 2.31. The van der Waals surface area contributed by atoms with Crippen LogP contribution in [0.1, 0.15) is 17.5 Å². The molecule has 0 spiro atoms. The third kappa shape index (κ3) is 3.81. The molecule has 4 nitrogen and oxygen atoms in total. The molecule has 1 fully saturated rings. The van der Waals surface area contributed by atoms with Gasteiger partial charge in [-0.2, -0.15) is 0 Å². The number of rotatable bonds is 5. The van der Waals surface area contributed by atoms with Crippen molar-refractivity contribution in [2.75, 3.05) is 23.0 Å². The number of hydrogen-bond acceptors (Lipinski definition) is 3. The topological polar surface area (TPSA) is 26.8 Å². The van der Waals surface area contributed by atoms with Crippen molar-refractivity contribution in [1.29, 1.82) is 0 Å². The molecule has 0 radical (unpaired) electrons. The Hall–Kier alpha value is -3.18. The van der Waals surface area contributed by atoms with Crippen molar-refractivity contribution >= 4 is 34.6 Å². The number of aryl methyl sites for hydroxylation is 1. The lowest BCUT2D eigenvalue weighted by Crippen LogP contribution is -2.46. The summed E-state index contributed by atoms with van der Waals surface area (Å²) in [5, 5.41) is 0.584. The smallest absolute Gasteiger partial charge is 0.256 e. The van der Waals surface area contributed by atoms with E-state index >= 15 is 0 Å². The number of carbonyl (C=O) groups excluding carboxylic acids is 1. The second-order valence-electron chi connectivity index (χ2n) is 8.10. The van der Waals surface area contributed by atoms with Crippen LogP contribution in [-0.4, -0.2) is 35.2 Å². The molecule has 31 heavy (non-hydrogen) atoms. The summed E-state index contributed by atoms with van der Waals surface area (Å²) in [6.45, 7) is 1.58. The van der Waals surface area contributed by atoms with Crippen molar-refractivity contribution < 1.29 is 4.79 Å². The average Bonchev–Trinajstić information content (AvgIpc) is 3.04. The largest absolute Gasteiger partial charge is 0.353 e. The molecular formula is C26H25N3OS. The Morgan fingerprint density at radius 1 is 0.871 bits per heavy atom. The van der Waals surface area contributed by atoms with Gasteiger partial charge in [-0.05, 0) is 54.4 Å². The molecule has 156 valence electrons. The third-order valence-corrected chi connectivity index (χ3v) is 6.55. The van der Waals surface area contributed by atoms with E-state index in [4.69, 9.17) is 12.2 Å². The molecule has 1 amide bonds. The summed E-state index contributed by atoms with van der Waals surface area (Å²) in [5.74, 6) is 0.0466. The van der Waals surface area contributed by atoms with Gasteiger partial charge in [0.2, 0.25) is 0 Å². The van der Waals surface area contributed by atoms with E-state index in [1.807, 2.05) is 48.5 Å². The van der Waals surface area contributed by atoms with Crippen molar-refractivity contribution in [1.82, 2.24) is 4.90 Å². The van der Waals surface area contributed by atoms with Crippen molar-refractivity contribution in [3.05, 3.63) is 96.1 Å². The quantitative estimate of drug-likeness (QED) is 0.554. The average molecular weight is 428 g/mol. The lowest BCUT2D eigenvalue weighted by Gasteiger charge is -2.36. The number of benzene rings is 3. The van der Waals surface area contributed by atoms with Crippen LogP contribution in [0.15, 0.2) is 84.9 Å². The lowest BCUT2D eigenvalue weighted by molar-refractivity contribution is -0.119. The van der Waals surface area contributed by atoms with Crippen LogP contribution in [0.4, 0.5) is 11.4 Å². The zero-order chi connectivity index (χ0) is 21.2. The number of fused-ring (bicyclic) bond motifs is 1. The number of carbonyl (C=O) groups is 1.